The molecule has 4 nitrogen and oxygen atoms in total. The van der Waals surface area contributed by atoms with Crippen LogP contribution in [-0.2, 0) is 16.4 Å². The minimum absolute atomic E-state index is 0.253. The molecule has 1 aromatic heterocycles. The molecule has 3 aromatic rings. The van der Waals surface area contributed by atoms with Gasteiger partial charge < -0.3 is 0 Å². The van der Waals surface area contributed by atoms with Gasteiger partial charge in [-0.15, -0.1) is 11.3 Å². The van der Waals surface area contributed by atoms with E-state index in [1.165, 1.54) is 23.5 Å². The molecule has 0 atom stereocenters. The van der Waals surface area contributed by atoms with Crippen molar-refractivity contribution in [2.45, 2.75) is 18.2 Å². The Morgan fingerprint density at radius 2 is 1.96 bits per heavy atom. The van der Waals surface area contributed by atoms with E-state index >= 15 is 0 Å². The van der Waals surface area contributed by atoms with Gasteiger partial charge in [0, 0.05) is 23.9 Å². The first-order valence-corrected chi connectivity index (χ1v) is 10.1. The van der Waals surface area contributed by atoms with Gasteiger partial charge in [0.25, 0.3) is 0 Å². The first-order chi connectivity index (χ1) is 12.0. The third-order valence-corrected chi connectivity index (χ3v) is 6.24. The molecular weight excluding hydrogens is 359 g/mol. The van der Waals surface area contributed by atoms with Crippen LogP contribution in [0.15, 0.2) is 58.8 Å². The Balaban J connectivity index is 1.64. The van der Waals surface area contributed by atoms with Crippen molar-refractivity contribution in [3.63, 3.8) is 0 Å². The summed E-state index contributed by atoms with van der Waals surface area (Å²) in [5, 5.41) is 2.58. The van der Waals surface area contributed by atoms with Gasteiger partial charge >= 0.3 is 0 Å². The number of aromatic nitrogens is 1. The van der Waals surface area contributed by atoms with E-state index in [0.29, 0.717) is 12.0 Å². The molecule has 25 heavy (non-hydrogen) atoms. The van der Waals surface area contributed by atoms with Crippen LogP contribution < -0.4 is 4.72 Å². The Bertz CT molecular complexity index is 984. The highest BCUT2D eigenvalue weighted by atomic mass is 32.2. The number of hydrogen-bond donors (Lipinski definition) is 1. The number of aryl methyl sites for hydroxylation is 1. The molecule has 0 radical (unpaired) electrons. The van der Waals surface area contributed by atoms with Crippen molar-refractivity contribution in [2.75, 3.05) is 6.54 Å². The van der Waals surface area contributed by atoms with Gasteiger partial charge in [-0.2, -0.15) is 0 Å². The van der Waals surface area contributed by atoms with E-state index in [-0.39, 0.29) is 17.3 Å². The SMILES string of the molecule is Cc1ccccc1S(=O)(=O)NCCc1csc(-c2cccc(F)c2)n1. The second-order valence-electron chi connectivity index (χ2n) is 5.57. The minimum Gasteiger partial charge on any atom is -0.241 e. The monoisotopic (exact) mass is 376 g/mol. The summed E-state index contributed by atoms with van der Waals surface area (Å²) in [6, 6.07) is 13.1. The Morgan fingerprint density at radius 1 is 1.16 bits per heavy atom. The van der Waals surface area contributed by atoms with Crippen molar-refractivity contribution in [3.05, 3.63) is 71.0 Å². The molecule has 0 spiro atoms. The Hall–Kier alpha value is -2.09. The van der Waals surface area contributed by atoms with Crippen molar-refractivity contribution in [1.29, 1.82) is 0 Å². The van der Waals surface area contributed by atoms with E-state index in [4.69, 9.17) is 0 Å². The number of halogens is 1. The fraction of sp³-hybridized carbons (Fsp3) is 0.167. The highest BCUT2D eigenvalue weighted by molar-refractivity contribution is 7.89. The number of nitrogens with one attached hydrogen (secondary N) is 1. The summed E-state index contributed by atoms with van der Waals surface area (Å²) in [5.74, 6) is -0.305. The van der Waals surface area contributed by atoms with Crippen LogP contribution in [0, 0.1) is 12.7 Å². The predicted octanol–water partition coefficient (Wildman–Crippen LogP) is 3.78. The van der Waals surface area contributed by atoms with Crippen molar-refractivity contribution < 1.29 is 12.8 Å². The van der Waals surface area contributed by atoms with E-state index in [0.717, 1.165) is 16.3 Å². The number of rotatable bonds is 6. The molecule has 1 heterocycles. The first-order valence-electron chi connectivity index (χ1n) is 7.71. The zero-order chi connectivity index (χ0) is 17.9. The summed E-state index contributed by atoms with van der Waals surface area (Å²) in [4.78, 5) is 4.73. The molecule has 130 valence electrons. The van der Waals surface area contributed by atoms with Crippen molar-refractivity contribution in [2.24, 2.45) is 0 Å². The van der Waals surface area contributed by atoms with Crippen LogP contribution in [0.4, 0.5) is 4.39 Å². The Morgan fingerprint density at radius 3 is 2.72 bits per heavy atom. The average Bonchev–Trinajstić information content (AvgIpc) is 3.04. The maximum Gasteiger partial charge on any atom is 0.240 e. The molecule has 0 unspecified atom stereocenters. The summed E-state index contributed by atoms with van der Waals surface area (Å²) in [5.41, 5.74) is 2.20. The zero-order valence-electron chi connectivity index (χ0n) is 13.6. The van der Waals surface area contributed by atoms with Crippen LogP contribution in [0.5, 0.6) is 0 Å². The lowest BCUT2D eigenvalue weighted by atomic mass is 10.2. The van der Waals surface area contributed by atoms with Gasteiger partial charge in [0.2, 0.25) is 10.0 Å². The summed E-state index contributed by atoms with van der Waals surface area (Å²) >= 11 is 1.41. The van der Waals surface area contributed by atoms with Crippen molar-refractivity contribution in [3.8, 4) is 10.6 Å². The second kappa shape index (κ2) is 7.43. The molecule has 0 fully saturated rings. The molecule has 0 aliphatic rings. The second-order valence-corrected chi connectivity index (χ2v) is 8.16. The highest BCUT2D eigenvalue weighted by Crippen LogP contribution is 2.24. The maximum atomic E-state index is 13.3. The molecule has 0 aliphatic heterocycles. The predicted molar refractivity (Wildman–Crippen MR) is 97.6 cm³/mol. The quantitative estimate of drug-likeness (QED) is 0.712. The molecule has 7 heteroatoms. The van der Waals surface area contributed by atoms with E-state index in [1.807, 2.05) is 5.38 Å². The molecular formula is C18H17FN2O2S2. The van der Waals surface area contributed by atoms with E-state index in [2.05, 4.69) is 9.71 Å². The summed E-state index contributed by atoms with van der Waals surface area (Å²) in [6.07, 6.45) is 0.469. The van der Waals surface area contributed by atoms with Gasteiger partial charge in [-0.1, -0.05) is 30.3 Å². The summed E-state index contributed by atoms with van der Waals surface area (Å²) < 4.78 is 40.6. The molecule has 0 bridgehead atoms. The van der Waals surface area contributed by atoms with Crippen molar-refractivity contribution >= 4 is 21.4 Å². The lowest BCUT2D eigenvalue weighted by molar-refractivity contribution is 0.580. The fourth-order valence-electron chi connectivity index (χ4n) is 2.43. The van der Waals surface area contributed by atoms with Gasteiger partial charge in [-0.3, -0.25) is 0 Å². The third-order valence-electron chi connectivity index (χ3n) is 3.68. The van der Waals surface area contributed by atoms with Gasteiger partial charge in [-0.25, -0.2) is 22.5 Å². The zero-order valence-corrected chi connectivity index (χ0v) is 15.2. The molecule has 1 N–H and O–H groups in total. The van der Waals surface area contributed by atoms with E-state index in [1.54, 1.807) is 43.3 Å². The number of hydrogen-bond acceptors (Lipinski definition) is 4. The lowest BCUT2D eigenvalue weighted by Gasteiger charge is -2.08. The van der Waals surface area contributed by atoms with E-state index < -0.39 is 10.0 Å². The number of sulfonamides is 1. The van der Waals surface area contributed by atoms with Gasteiger partial charge in [0.15, 0.2) is 0 Å². The van der Waals surface area contributed by atoms with Crippen LogP contribution in [0.3, 0.4) is 0 Å². The van der Waals surface area contributed by atoms with Gasteiger partial charge in [0.1, 0.15) is 10.8 Å². The highest BCUT2D eigenvalue weighted by Gasteiger charge is 2.15. The molecule has 0 saturated carbocycles. The molecule has 2 aromatic carbocycles. The largest absolute Gasteiger partial charge is 0.241 e. The number of benzene rings is 2. The standard InChI is InChI=1S/C18H17FN2O2S2/c1-13-5-2-3-8-17(13)25(22,23)20-10-9-16-12-24-18(21-16)14-6-4-7-15(19)11-14/h2-8,11-12,20H,9-10H2,1H3. The first kappa shape index (κ1) is 17.7. The molecule has 0 saturated heterocycles. The molecule has 0 amide bonds. The van der Waals surface area contributed by atoms with Crippen LogP contribution in [0.25, 0.3) is 10.6 Å². The van der Waals surface area contributed by atoms with E-state index in [9.17, 15) is 12.8 Å². The Labute approximate surface area is 150 Å². The lowest BCUT2D eigenvalue weighted by Crippen LogP contribution is -2.26. The van der Waals surface area contributed by atoms with Gasteiger partial charge in [-0.05, 0) is 30.7 Å². The van der Waals surface area contributed by atoms with Crippen LogP contribution >= 0.6 is 11.3 Å². The van der Waals surface area contributed by atoms with Crippen LogP contribution in [0.1, 0.15) is 11.3 Å². The topological polar surface area (TPSA) is 59.1 Å². The van der Waals surface area contributed by atoms with Crippen LogP contribution in [0.2, 0.25) is 0 Å². The molecule has 0 aliphatic carbocycles. The molecule has 3 rings (SSSR count). The smallest absolute Gasteiger partial charge is 0.240 e. The summed E-state index contributed by atoms with van der Waals surface area (Å²) in [6.45, 7) is 2.02. The third kappa shape index (κ3) is 4.31. The fourth-order valence-corrected chi connectivity index (χ4v) is 4.55. The normalized spacial score (nSPS) is 11.6. The minimum atomic E-state index is -3.54. The number of nitrogens with zero attached hydrogens (tertiary/aromatic N) is 1. The average molecular weight is 376 g/mol. The van der Waals surface area contributed by atoms with Crippen molar-refractivity contribution in [1.82, 2.24) is 9.71 Å². The van der Waals surface area contributed by atoms with Crippen LogP contribution in [-0.4, -0.2) is 19.9 Å². The summed E-state index contributed by atoms with van der Waals surface area (Å²) in [7, 11) is -3.54. The number of thiazole rings is 1. The maximum absolute atomic E-state index is 13.3. The Kier molecular flexibility index (Phi) is 5.27. The van der Waals surface area contributed by atoms with Gasteiger partial charge in [0.05, 0.1) is 10.6 Å².